The first-order valence-electron chi connectivity index (χ1n) is 7.81. The van der Waals surface area contributed by atoms with Gasteiger partial charge in [-0.2, -0.15) is 5.10 Å². The average molecular weight is 392 g/mol. The van der Waals surface area contributed by atoms with Crippen molar-refractivity contribution in [3.63, 3.8) is 0 Å². The Kier molecular flexibility index (Phi) is 5.12. The van der Waals surface area contributed by atoms with Gasteiger partial charge in [0.2, 0.25) is 0 Å². The Morgan fingerprint density at radius 3 is 1.82 bits per heavy atom. The number of carbonyl (C=O) groups is 2. The van der Waals surface area contributed by atoms with E-state index in [9.17, 15) is 27.2 Å². The van der Waals surface area contributed by atoms with Gasteiger partial charge < -0.3 is 10.6 Å². The molecule has 0 saturated heterocycles. The molecule has 0 aliphatic carbocycles. The van der Waals surface area contributed by atoms with E-state index in [-0.39, 0.29) is 22.8 Å². The fraction of sp³-hybridized carbons (Fsp3) is 0.0556. The molecule has 2 aromatic carbocycles. The summed E-state index contributed by atoms with van der Waals surface area (Å²) in [6.07, 6.45) is 0. The standard InChI is InChI=1S/C18H12F4N4O2/c1-26-16(18(28)24-14-5-3-10(20)7-12(14)22)8-15(25-26)17(27)23-13-4-2-9(19)6-11(13)21/h2-8H,1H3,(H,23,27)(H,24,28). The molecule has 2 amide bonds. The first-order chi connectivity index (χ1) is 13.2. The van der Waals surface area contributed by atoms with Gasteiger partial charge >= 0.3 is 0 Å². The van der Waals surface area contributed by atoms with Crippen LogP contribution in [0.25, 0.3) is 0 Å². The van der Waals surface area contributed by atoms with Crippen LogP contribution in [0.15, 0.2) is 42.5 Å². The molecule has 0 spiro atoms. The van der Waals surface area contributed by atoms with E-state index in [1.165, 1.54) is 7.05 Å². The van der Waals surface area contributed by atoms with Crippen molar-refractivity contribution in [2.45, 2.75) is 0 Å². The van der Waals surface area contributed by atoms with Crippen molar-refractivity contribution in [1.82, 2.24) is 9.78 Å². The van der Waals surface area contributed by atoms with Gasteiger partial charge in [-0.15, -0.1) is 0 Å². The molecular weight excluding hydrogens is 380 g/mol. The molecule has 3 aromatic rings. The summed E-state index contributed by atoms with van der Waals surface area (Å²) in [5.74, 6) is -5.20. The summed E-state index contributed by atoms with van der Waals surface area (Å²) in [6, 6.07) is 6.33. The molecule has 0 aliphatic rings. The van der Waals surface area contributed by atoms with Crippen molar-refractivity contribution in [2.75, 3.05) is 10.6 Å². The largest absolute Gasteiger partial charge is 0.318 e. The summed E-state index contributed by atoms with van der Waals surface area (Å²) in [5.41, 5.74) is -0.854. The second-order valence-corrected chi connectivity index (χ2v) is 5.70. The van der Waals surface area contributed by atoms with E-state index in [1.54, 1.807) is 0 Å². The zero-order valence-corrected chi connectivity index (χ0v) is 14.3. The maximum atomic E-state index is 13.7. The van der Waals surface area contributed by atoms with Gasteiger partial charge in [0.05, 0.1) is 11.4 Å². The normalized spacial score (nSPS) is 10.6. The highest BCUT2D eigenvalue weighted by Crippen LogP contribution is 2.18. The highest BCUT2D eigenvalue weighted by atomic mass is 19.1. The second kappa shape index (κ2) is 7.51. The Hall–Kier alpha value is -3.69. The zero-order chi connectivity index (χ0) is 20.4. The van der Waals surface area contributed by atoms with Crippen molar-refractivity contribution in [1.29, 1.82) is 0 Å². The number of aromatic nitrogens is 2. The first-order valence-corrected chi connectivity index (χ1v) is 7.81. The summed E-state index contributed by atoms with van der Waals surface area (Å²) in [7, 11) is 1.37. The molecule has 6 nitrogen and oxygen atoms in total. The second-order valence-electron chi connectivity index (χ2n) is 5.70. The van der Waals surface area contributed by atoms with Crippen LogP contribution in [0.2, 0.25) is 0 Å². The van der Waals surface area contributed by atoms with Crippen molar-refractivity contribution >= 4 is 23.2 Å². The number of hydrogen-bond donors (Lipinski definition) is 2. The van der Waals surface area contributed by atoms with Crippen LogP contribution in [-0.2, 0) is 7.05 Å². The minimum Gasteiger partial charge on any atom is -0.318 e. The quantitative estimate of drug-likeness (QED) is 0.668. The number of benzene rings is 2. The number of nitrogens with zero attached hydrogens (tertiary/aromatic N) is 2. The Balaban J connectivity index is 1.78. The lowest BCUT2D eigenvalue weighted by Gasteiger charge is -2.06. The molecule has 0 aliphatic heterocycles. The van der Waals surface area contributed by atoms with Crippen LogP contribution in [0, 0.1) is 23.3 Å². The average Bonchev–Trinajstić information content (AvgIpc) is 3.02. The van der Waals surface area contributed by atoms with Gasteiger partial charge in [0.15, 0.2) is 5.69 Å². The Morgan fingerprint density at radius 1 is 0.821 bits per heavy atom. The fourth-order valence-electron chi connectivity index (χ4n) is 2.35. The lowest BCUT2D eigenvalue weighted by atomic mass is 10.2. The summed E-state index contributed by atoms with van der Waals surface area (Å²) < 4.78 is 54.2. The molecule has 2 N–H and O–H groups in total. The third-order valence-corrected chi connectivity index (χ3v) is 3.70. The number of rotatable bonds is 4. The fourth-order valence-corrected chi connectivity index (χ4v) is 2.35. The van der Waals surface area contributed by atoms with E-state index in [2.05, 4.69) is 15.7 Å². The molecular formula is C18H12F4N4O2. The third-order valence-electron chi connectivity index (χ3n) is 3.70. The highest BCUT2D eigenvalue weighted by Gasteiger charge is 2.20. The zero-order valence-electron chi connectivity index (χ0n) is 14.3. The predicted molar refractivity (Wildman–Crippen MR) is 91.8 cm³/mol. The van der Waals surface area contributed by atoms with E-state index < -0.39 is 35.1 Å². The summed E-state index contributed by atoms with van der Waals surface area (Å²) in [5, 5.41) is 8.29. The van der Waals surface area contributed by atoms with Gasteiger partial charge in [-0.1, -0.05) is 0 Å². The molecule has 28 heavy (non-hydrogen) atoms. The minimum absolute atomic E-state index is 0.103. The van der Waals surface area contributed by atoms with Crippen LogP contribution >= 0.6 is 0 Å². The van der Waals surface area contributed by atoms with Crippen LogP contribution in [0.5, 0.6) is 0 Å². The van der Waals surface area contributed by atoms with Crippen LogP contribution in [0.4, 0.5) is 28.9 Å². The van der Waals surface area contributed by atoms with Crippen molar-refractivity contribution < 1.29 is 27.2 Å². The first kappa shape index (κ1) is 19.1. The molecule has 0 unspecified atom stereocenters. The monoisotopic (exact) mass is 392 g/mol. The molecule has 0 bridgehead atoms. The minimum atomic E-state index is -0.978. The van der Waals surface area contributed by atoms with Crippen molar-refractivity contribution in [2.24, 2.45) is 7.05 Å². The lowest BCUT2D eigenvalue weighted by molar-refractivity contribution is 0.101. The molecule has 0 saturated carbocycles. The van der Waals surface area contributed by atoms with Crippen LogP contribution in [-0.4, -0.2) is 21.6 Å². The van der Waals surface area contributed by atoms with Crippen molar-refractivity contribution in [3.05, 3.63) is 77.1 Å². The van der Waals surface area contributed by atoms with Crippen LogP contribution in [0.1, 0.15) is 21.0 Å². The molecule has 144 valence electrons. The number of anilines is 2. The number of hydrogen-bond acceptors (Lipinski definition) is 3. The Morgan fingerprint density at radius 2 is 1.32 bits per heavy atom. The molecule has 0 radical (unpaired) electrons. The summed E-state index contributed by atoms with van der Waals surface area (Å²) in [4.78, 5) is 24.5. The maximum absolute atomic E-state index is 13.7. The van der Waals surface area contributed by atoms with E-state index in [1.807, 2.05) is 0 Å². The Bertz CT molecular complexity index is 1080. The molecule has 1 aromatic heterocycles. The lowest BCUT2D eigenvalue weighted by Crippen LogP contribution is -2.16. The molecule has 0 fully saturated rings. The number of carbonyl (C=O) groups excluding carboxylic acids is 2. The molecule has 3 rings (SSSR count). The van der Waals surface area contributed by atoms with Crippen molar-refractivity contribution in [3.8, 4) is 0 Å². The number of aryl methyl sites for hydroxylation is 1. The predicted octanol–water partition coefficient (Wildman–Crippen LogP) is 3.48. The number of amides is 2. The van der Waals surface area contributed by atoms with Gasteiger partial charge in [-0.05, 0) is 24.3 Å². The third kappa shape index (κ3) is 4.00. The maximum Gasteiger partial charge on any atom is 0.276 e. The summed E-state index contributed by atoms with van der Waals surface area (Å²) >= 11 is 0. The van der Waals surface area contributed by atoms with Gasteiger partial charge in [-0.25, -0.2) is 17.6 Å². The molecule has 0 atom stereocenters. The van der Waals surface area contributed by atoms with Gasteiger partial charge in [0, 0.05) is 25.2 Å². The van der Waals surface area contributed by atoms with E-state index in [0.717, 1.165) is 35.0 Å². The molecule has 1 heterocycles. The van der Waals surface area contributed by atoms with E-state index in [4.69, 9.17) is 0 Å². The van der Waals surface area contributed by atoms with E-state index >= 15 is 0 Å². The van der Waals surface area contributed by atoms with Gasteiger partial charge in [0.25, 0.3) is 11.8 Å². The van der Waals surface area contributed by atoms with Crippen LogP contribution < -0.4 is 10.6 Å². The highest BCUT2D eigenvalue weighted by molar-refractivity contribution is 6.07. The molecule has 10 heteroatoms. The van der Waals surface area contributed by atoms with E-state index in [0.29, 0.717) is 12.1 Å². The topological polar surface area (TPSA) is 76.0 Å². The number of halogens is 4. The smallest absolute Gasteiger partial charge is 0.276 e. The Labute approximate surface area is 155 Å². The summed E-state index contributed by atoms with van der Waals surface area (Å²) in [6.45, 7) is 0. The van der Waals surface area contributed by atoms with Gasteiger partial charge in [-0.3, -0.25) is 14.3 Å². The van der Waals surface area contributed by atoms with Crippen LogP contribution in [0.3, 0.4) is 0 Å². The SMILES string of the molecule is Cn1nc(C(=O)Nc2ccc(F)cc2F)cc1C(=O)Nc1ccc(F)cc1F. The number of nitrogens with one attached hydrogen (secondary N) is 2. The van der Waals surface area contributed by atoms with Gasteiger partial charge in [0.1, 0.15) is 29.0 Å².